The first kappa shape index (κ1) is 27.4. The highest BCUT2D eigenvalue weighted by Crippen LogP contribution is 2.36. The maximum absolute atomic E-state index is 12.5. The first-order valence-electron chi connectivity index (χ1n) is 14.7. The number of imide groups is 1. The summed E-state index contributed by atoms with van der Waals surface area (Å²) in [5, 5.41) is 12.8. The summed E-state index contributed by atoms with van der Waals surface area (Å²) in [5.74, 6) is 2.51. The molecule has 3 aromatic rings. The lowest BCUT2D eigenvalue weighted by Crippen LogP contribution is -2.50. The van der Waals surface area contributed by atoms with Crippen molar-refractivity contribution in [3.05, 3.63) is 59.4 Å². The Morgan fingerprint density at radius 2 is 1.90 bits per heavy atom. The van der Waals surface area contributed by atoms with E-state index in [9.17, 15) is 14.7 Å². The van der Waals surface area contributed by atoms with E-state index in [1.54, 1.807) is 11.1 Å². The Labute approximate surface area is 240 Å². The Balaban J connectivity index is 1.18. The molecule has 2 aliphatic heterocycles. The molecule has 2 aromatic heterocycles. The minimum Gasteiger partial charge on any atom is -0.490 e. The standard InChI is InChI=1S/C31H38N6O4/c1-3-36-28(37-15-14-27(39)34-31(37)40)16-32-30(36)24-13-10-22-18-35(25(19-38)29(22)33-24)17-21-8-11-23(12-9-21)41-26-7-5-4-6-20(26)2/h8-13,16,20,25-26,38H,3-7,14-15,17-19H2,1-2H3,(H,34,39,40). The summed E-state index contributed by atoms with van der Waals surface area (Å²) < 4.78 is 8.23. The fraction of sp³-hybridized carbons (Fsp3) is 0.484. The lowest BCUT2D eigenvalue weighted by Gasteiger charge is -2.29. The number of aliphatic hydroxyl groups is 1. The Kier molecular flexibility index (Phi) is 7.77. The van der Waals surface area contributed by atoms with E-state index in [0.717, 1.165) is 29.0 Å². The van der Waals surface area contributed by atoms with Gasteiger partial charge in [-0.25, -0.2) is 14.8 Å². The highest BCUT2D eigenvalue weighted by Gasteiger charge is 2.33. The average Bonchev–Trinajstić information content (AvgIpc) is 3.55. The molecule has 10 heteroatoms. The van der Waals surface area contributed by atoms with Crippen LogP contribution in [0.5, 0.6) is 5.75 Å². The van der Waals surface area contributed by atoms with E-state index in [4.69, 9.17) is 9.72 Å². The van der Waals surface area contributed by atoms with Crippen LogP contribution in [0.4, 0.5) is 10.6 Å². The van der Waals surface area contributed by atoms with E-state index < -0.39 is 6.03 Å². The van der Waals surface area contributed by atoms with Crippen LogP contribution in [-0.2, 0) is 24.4 Å². The van der Waals surface area contributed by atoms with Gasteiger partial charge in [0, 0.05) is 32.6 Å². The smallest absolute Gasteiger partial charge is 0.329 e. The summed E-state index contributed by atoms with van der Waals surface area (Å²) in [6, 6.07) is 11.7. The third kappa shape index (κ3) is 5.46. The molecule has 3 aliphatic rings. The number of pyridine rings is 1. The van der Waals surface area contributed by atoms with Gasteiger partial charge in [-0.05, 0) is 61.4 Å². The minimum absolute atomic E-state index is 0.0420. The van der Waals surface area contributed by atoms with Gasteiger partial charge in [0.2, 0.25) is 5.91 Å². The maximum atomic E-state index is 12.5. The summed E-state index contributed by atoms with van der Waals surface area (Å²) in [6.07, 6.45) is 7.08. The van der Waals surface area contributed by atoms with Crippen molar-refractivity contribution >= 4 is 17.8 Å². The number of benzene rings is 1. The van der Waals surface area contributed by atoms with Gasteiger partial charge in [0.1, 0.15) is 23.4 Å². The van der Waals surface area contributed by atoms with Crippen molar-refractivity contribution in [2.45, 2.75) is 77.7 Å². The van der Waals surface area contributed by atoms with Gasteiger partial charge >= 0.3 is 6.03 Å². The summed E-state index contributed by atoms with van der Waals surface area (Å²) in [6.45, 7) is 6.49. The Morgan fingerprint density at radius 1 is 1.10 bits per heavy atom. The number of aliphatic hydroxyl groups excluding tert-OH is 1. The van der Waals surface area contributed by atoms with Crippen molar-refractivity contribution in [2.24, 2.45) is 5.92 Å². The highest BCUT2D eigenvalue weighted by molar-refractivity contribution is 6.05. The predicted octanol–water partition coefficient (Wildman–Crippen LogP) is 4.42. The largest absolute Gasteiger partial charge is 0.490 e. The van der Waals surface area contributed by atoms with Crippen molar-refractivity contribution in [1.29, 1.82) is 0 Å². The average molecular weight is 559 g/mol. The van der Waals surface area contributed by atoms with Crippen LogP contribution in [0.15, 0.2) is 42.6 Å². The molecule has 2 fully saturated rings. The van der Waals surface area contributed by atoms with Crippen LogP contribution in [0.25, 0.3) is 11.5 Å². The van der Waals surface area contributed by atoms with Crippen molar-refractivity contribution in [2.75, 3.05) is 18.1 Å². The number of imidazole rings is 1. The molecule has 3 atom stereocenters. The first-order chi connectivity index (χ1) is 19.9. The number of ether oxygens (including phenoxy) is 1. The third-order valence-corrected chi connectivity index (χ3v) is 8.65. The molecule has 41 heavy (non-hydrogen) atoms. The monoisotopic (exact) mass is 558 g/mol. The van der Waals surface area contributed by atoms with Crippen LogP contribution < -0.4 is 15.0 Å². The van der Waals surface area contributed by atoms with Gasteiger partial charge in [0.15, 0.2) is 5.82 Å². The number of nitrogens with zero attached hydrogens (tertiary/aromatic N) is 5. The van der Waals surface area contributed by atoms with Crippen LogP contribution in [0.2, 0.25) is 0 Å². The summed E-state index contributed by atoms with van der Waals surface area (Å²) in [5.41, 5.74) is 3.78. The molecule has 1 aliphatic carbocycles. The van der Waals surface area contributed by atoms with E-state index in [1.807, 2.05) is 17.6 Å². The van der Waals surface area contributed by atoms with Gasteiger partial charge in [-0.1, -0.05) is 31.5 Å². The second-order valence-corrected chi connectivity index (χ2v) is 11.3. The first-order valence-corrected chi connectivity index (χ1v) is 14.7. The molecule has 4 heterocycles. The molecule has 3 amide bonds. The number of aromatic nitrogens is 3. The molecular weight excluding hydrogens is 520 g/mol. The predicted molar refractivity (Wildman–Crippen MR) is 154 cm³/mol. The quantitative estimate of drug-likeness (QED) is 0.421. The van der Waals surface area contributed by atoms with Gasteiger partial charge in [0.05, 0.1) is 24.5 Å². The second kappa shape index (κ2) is 11.6. The van der Waals surface area contributed by atoms with Gasteiger partial charge in [-0.3, -0.25) is 19.9 Å². The van der Waals surface area contributed by atoms with Crippen molar-refractivity contribution in [3.8, 4) is 17.3 Å². The van der Waals surface area contributed by atoms with Crippen molar-refractivity contribution in [3.63, 3.8) is 0 Å². The molecule has 0 radical (unpaired) electrons. The van der Waals surface area contributed by atoms with E-state index in [2.05, 4.69) is 52.5 Å². The number of fused-ring (bicyclic) bond motifs is 1. The zero-order chi connectivity index (χ0) is 28.5. The number of nitrogens with one attached hydrogen (secondary N) is 1. The molecule has 216 valence electrons. The van der Waals surface area contributed by atoms with Gasteiger partial charge < -0.3 is 14.4 Å². The zero-order valence-electron chi connectivity index (χ0n) is 23.8. The number of amides is 3. The number of carbonyl (C=O) groups excluding carboxylic acids is 2. The lowest BCUT2D eigenvalue weighted by molar-refractivity contribution is -0.120. The Hall–Kier alpha value is -3.76. The summed E-state index contributed by atoms with van der Waals surface area (Å²) in [7, 11) is 0. The van der Waals surface area contributed by atoms with Crippen molar-refractivity contribution in [1.82, 2.24) is 24.8 Å². The summed E-state index contributed by atoms with van der Waals surface area (Å²) in [4.78, 5) is 37.4. The molecular formula is C31H38N6O4. The molecule has 1 saturated heterocycles. The SMILES string of the molecule is CCn1c(N2CCC(=O)NC2=O)cnc1-c1ccc2c(n1)C(CO)N(Cc1ccc(OC3CCCCC3C)cc1)C2. The van der Waals surface area contributed by atoms with Gasteiger partial charge in [-0.2, -0.15) is 0 Å². The molecule has 0 spiro atoms. The van der Waals surface area contributed by atoms with E-state index in [1.165, 1.54) is 19.3 Å². The molecule has 0 bridgehead atoms. The van der Waals surface area contributed by atoms with Crippen LogP contribution in [0.3, 0.4) is 0 Å². The number of carbonyl (C=O) groups is 2. The molecule has 10 nitrogen and oxygen atoms in total. The van der Waals surface area contributed by atoms with Crippen LogP contribution in [0.1, 0.15) is 68.8 Å². The highest BCUT2D eigenvalue weighted by atomic mass is 16.5. The Morgan fingerprint density at radius 3 is 2.63 bits per heavy atom. The number of hydrogen-bond donors (Lipinski definition) is 2. The molecule has 1 saturated carbocycles. The molecule has 2 N–H and O–H groups in total. The number of rotatable bonds is 8. The molecule has 3 unspecified atom stereocenters. The van der Waals surface area contributed by atoms with Crippen LogP contribution in [0, 0.1) is 5.92 Å². The maximum Gasteiger partial charge on any atom is 0.329 e. The third-order valence-electron chi connectivity index (χ3n) is 8.65. The lowest BCUT2D eigenvalue weighted by atomic mass is 9.88. The van der Waals surface area contributed by atoms with Crippen LogP contribution >= 0.6 is 0 Å². The summed E-state index contributed by atoms with van der Waals surface area (Å²) >= 11 is 0. The fourth-order valence-corrected chi connectivity index (χ4v) is 6.34. The fourth-order valence-electron chi connectivity index (χ4n) is 6.34. The van der Waals surface area contributed by atoms with E-state index >= 15 is 0 Å². The number of urea groups is 1. The normalized spacial score (nSPS) is 23.0. The van der Waals surface area contributed by atoms with Crippen molar-refractivity contribution < 1.29 is 19.4 Å². The van der Waals surface area contributed by atoms with Crippen LogP contribution in [-0.4, -0.2) is 55.7 Å². The Bertz CT molecular complexity index is 1420. The minimum atomic E-state index is -0.441. The number of anilines is 1. The van der Waals surface area contributed by atoms with Gasteiger partial charge in [0.25, 0.3) is 0 Å². The van der Waals surface area contributed by atoms with E-state index in [-0.39, 0.29) is 25.0 Å². The zero-order valence-corrected chi connectivity index (χ0v) is 23.8. The topological polar surface area (TPSA) is 113 Å². The number of hydrogen-bond acceptors (Lipinski definition) is 7. The molecule has 1 aromatic carbocycles. The molecule has 6 rings (SSSR count). The second-order valence-electron chi connectivity index (χ2n) is 11.3. The van der Waals surface area contributed by atoms with E-state index in [0.29, 0.717) is 55.5 Å². The van der Waals surface area contributed by atoms with Gasteiger partial charge in [-0.15, -0.1) is 0 Å².